The van der Waals surface area contributed by atoms with Crippen molar-refractivity contribution < 1.29 is 0 Å². The molecule has 0 aromatic carbocycles. The van der Waals surface area contributed by atoms with Crippen LogP contribution < -0.4 is 0 Å². The minimum atomic E-state index is 1.17. The van der Waals surface area contributed by atoms with Crippen LogP contribution in [0.5, 0.6) is 0 Å². The predicted octanol–water partition coefficient (Wildman–Crippen LogP) is 1.73. The van der Waals surface area contributed by atoms with Gasteiger partial charge in [0.2, 0.25) is 0 Å². The Hall–Kier alpha value is -0.0800. The maximum Gasteiger partial charge on any atom is 0.0133 e. The third-order valence-corrected chi connectivity index (χ3v) is 2.46. The molecule has 0 atom stereocenters. The molecule has 0 saturated carbocycles. The SMILES string of the molecule is CCN1CCCCCN1CC. The summed E-state index contributed by atoms with van der Waals surface area (Å²) in [5.74, 6) is 0. The maximum atomic E-state index is 2.48. The van der Waals surface area contributed by atoms with E-state index < -0.39 is 0 Å². The van der Waals surface area contributed by atoms with Crippen LogP contribution in [0.25, 0.3) is 0 Å². The summed E-state index contributed by atoms with van der Waals surface area (Å²) in [6.07, 6.45) is 4.17. The highest BCUT2D eigenvalue weighted by Crippen LogP contribution is 2.09. The molecule has 0 radical (unpaired) electrons. The fraction of sp³-hybridized carbons (Fsp3) is 1.00. The van der Waals surface area contributed by atoms with Crippen LogP contribution in [0.2, 0.25) is 0 Å². The van der Waals surface area contributed by atoms with Gasteiger partial charge in [0.1, 0.15) is 0 Å². The Morgan fingerprint density at radius 2 is 1.27 bits per heavy atom. The summed E-state index contributed by atoms with van der Waals surface area (Å²) in [6, 6.07) is 0. The summed E-state index contributed by atoms with van der Waals surface area (Å²) in [5.41, 5.74) is 0. The zero-order chi connectivity index (χ0) is 8.10. The van der Waals surface area contributed by atoms with Gasteiger partial charge >= 0.3 is 0 Å². The molecule has 0 aromatic heterocycles. The second-order valence-corrected chi connectivity index (χ2v) is 3.15. The minimum absolute atomic E-state index is 1.17. The van der Waals surface area contributed by atoms with Crippen molar-refractivity contribution >= 4 is 0 Å². The lowest BCUT2D eigenvalue weighted by Crippen LogP contribution is -2.42. The fourth-order valence-electron chi connectivity index (χ4n) is 1.76. The van der Waals surface area contributed by atoms with E-state index in [4.69, 9.17) is 0 Å². The lowest BCUT2D eigenvalue weighted by atomic mass is 10.2. The van der Waals surface area contributed by atoms with Gasteiger partial charge in [-0.05, 0) is 12.8 Å². The average molecular weight is 156 g/mol. The molecule has 0 N–H and O–H groups in total. The molecule has 2 nitrogen and oxygen atoms in total. The van der Waals surface area contributed by atoms with Crippen LogP contribution in [-0.4, -0.2) is 36.2 Å². The van der Waals surface area contributed by atoms with Crippen LogP contribution in [0.4, 0.5) is 0 Å². The predicted molar refractivity (Wildman–Crippen MR) is 48.3 cm³/mol. The van der Waals surface area contributed by atoms with E-state index in [1.807, 2.05) is 0 Å². The molecular weight excluding hydrogens is 136 g/mol. The quantitative estimate of drug-likeness (QED) is 0.601. The van der Waals surface area contributed by atoms with Crippen LogP contribution in [0.15, 0.2) is 0 Å². The van der Waals surface area contributed by atoms with E-state index >= 15 is 0 Å². The Bertz CT molecular complexity index is 91.7. The first-order valence-electron chi connectivity index (χ1n) is 4.88. The molecule has 0 unspecified atom stereocenters. The average Bonchev–Trinajstić information content (AvgIpc) is 2.27. The highest BCUT2D eigenvalue weighted by molar-refractivity contribution is 4.61. The van der Waals surface area contributed by atoms with E-state index in [-0.39, 0.29) is 0 Å². The summed E-state index contributed by atoms with van der Waals surface area (Å²) >= 11 is 0. The first-order valence-corrected chi connectivity index (χ1v) is 4.88. The lowest BCUT2D eigenvalue weighted by molar-refractivity contribution is -0.00652. The van der Waals surface area contributed by atoms with Gasteiger partial charge in [0.25, 0.3) is 0 Å². The van der Waals surface area contributed by atoms with Crippen LogP contribution in [-0.2, 0) is 0 Å². The van der Waals surface area contributed by atoms with Crippen LogP contribution >= 0.6 is 0 Å². The van der Waals surface area contributed by atoms with Crippen molar-refractivity contribution in [3.63, 3.8) is 0 Å². The van der Waals surface area contributed by atoms with Gasteiger partial charge < -0.3 is 0 Å². The summed E-state index contributed by atoms with van der Waals surface area (Å²) in [4.78, 5) is 0. The first kappa shape index (κ1) is 9.01. The van der Waals surface area contributed by atoms with Gasteiger partial charge in [-0.15, -0.1) is 0 Å². The van der Waals surface area contributed by atoms with Gasteiger partial charge in [0.15, 0.2) is 0 Å². The fourth-order valence-corrected chi connectivity index (χ4v) is 1.76. The van der Waals surface area contributed by atoms with Gasteiger partial charge in [-0.2, -0.15) is 0 Å². The molecule has 2 heteroatoms. The standard InChI is InChI=1S/C9H20N2/c1-3-10-8-6-5-7-9-11(10)4-2/h3-9H2,1-2H3. The second kappa shape index (κ2) is 4.73. The molecule has 0 bridgehead atoms. The van der Waals surface area contributed by atoms with Gasteiger partial charge in [-0.25, -0.2) is 10.0 Å². The maximum absolute atomic E-state index is 2.48. The number of rotatable bonds is 2. The van der Waals surface area contributed by atoms with Crippen LogP contribution in [0, 0.1) is 0 Å². The van der Waals surface area contributed by atoms with Gasteiger partial charge in [0, 0.05) is 26.2 Å². The zero-order valence-corrected chi connectivity index (χ0v) is 7.84. The van der Waals surface area contributed by atoms with Crippen LogP contribution in [0.1, 0.15) is 33.1 Å². The number of hydrazine groups is 1. The Kier molecular flexibility index (Phi) is 3.87. The largest absolute Gasteiger partial charge is 0.242 e. The van der Waals surface area contributed by atoms with Crippen LogP contribution in [0.3, 0.4) is 0 Å². The lowest BCUT2D eigenvalue weighted by Gasteiger charge is -2.31. The molecular formula is C9H20N2. The molecule has 66 valence electrons. The summed E-state index contributed by atoms with van der Waals surface area (Å²) in [5, 5.41) is 4.96. The Morgan fingerprint density at radius 3 is 1.64 bits per heavy atom. The first-order chi connectivity index (χ1) is 5.38. The van der Waals surface area contributed by atoms with Crippen molar-refractivity contribution in [2.45, 2.75) is 33.1 Å². The van der Waals surface area contributed by atoms with E-state index in [9.17, 15) is 0 Å². The topological polar surface area (TPSA) is 6.48 Å². The van der Waals surface area contributed by atoms with Gasteiger partial charge in [-0.3, -0.25) is 0 Å². The third-order valence-electron chi connectivity index (χ3n) is 2.46. The van der Waals surface area contributed by atoms with Crippen molar-refractivity contribution in [3.8, 4) is 0 Å². The highest BCUT2D eigenvalue weighted by Gasteiger charge is 2.13. The van der Waals surface area contributed by atoms with E-state index in [1.165, 1.54) is 45.4 Å². The molecule has 1 heterocycles. The second-order valence-electron chi connectivity index (χ2n) is 3.15. The summed E-state index contributed by atoms with van der Waals surface area (Å²) in [6.45, 7) is 9.37. The van der Waals surface area contributed by atoms with Crippen molar-refractivity contribution in [1.29, 1.82) is 0 Å². The van der Waals surface area contributed by atoms with E-state index in [0.717, 1.165) is 0 Å². The van der Waals surface area contributed by atoms with Crippen molar-refractivity contribution in [2.75, 3.05) is 26.2 Å². The molecule has 0 spiro atoms. The summed E-state index contributed by atoms with van der Waals surface area (Å²) in [7, 11) is 0. The molecule has 1 aliphatic heterocycles. The third kappa shape index (κ3) is 2.46. The van der Waals surface area contributed by atoms with Crippen molar-refractivity contribution in [2.24, 2.45) is 0 Å². The molecule has 0 aromatic rings. The molecule has 11 heavy (non-hydrogen) atoms. The Labute approximate surface area is 70.1 Å². The zero-order valence-electron chi connectivity index (χ0n) is 7.84. The molecule has 0 amide bonds. The molecule has 1 aliphatic rings. The number of hydrogen-bond acceptors (Lipinski definition) is 2. The molecule has 1 saturated heterocycles. The number of hydrogen-bond donors (Lipinski definition) is 0. The molecule has 0 aliphatic carbocycles. The molecule has 1 fully saturated rings. The van der Waals surface area contributed by atoms with Gasteiger partial charge in [0.05, 0.1) is 0 Å². The summed E-state index contributed by atoms with van der Waals surface area (Å²) < 4.78 is 0. The Balaban J connectivity index is 2.41. The number of nitrogens with zero attached hydrogens (tertiary/aromatic N) is 2. The van der Waals surface area contributed by atoms with E-state index in [2.05, 4.69) is 23.9 Å². The van der Waals surface area contributed by atoms with Gasteiger partial charge in [-0.1, -0.05) is 20.3 Å². The normalized spacial score (nSPS) is 23.5. The molecule has 1 rings (SSSR count). The monoisotopic (exact) mass is 156 g/mol. The van der Waals surface area contributed by atoms with E-state index in [0.29, 0.717) is 0 Å². The van der Waals surface area contributed by atoms with Crippen molar-refractivity contribution in [3.05, 3.63) is 0 Å². The minimum Gasteiger partial charge on any atom is -0.242 e. The van der Waals surface area contributed by atoms with Crippen molar-refractivity contribution in [1.82, 2.24) is 10.0 Å². The highest BCUT2D eigenvalue weighted by atomic mass is 15.6. The van der Waals surface area contributed by atoms with E-state index in [1.54, 1.807) is 0 Å². The Morgan fingerprint density at radius 1 is 0.818 bits per heavy atom. The smallest absolute Gasteiger partial charge is 0.0133 e.